The van der Waals surface area contributed by atoms with Crippen LogP contribution in [0, 0.1) is 6.92 Å². The average Bonchev–Trinajstić information content (AvgIpc) is 2.81. The van der Waals surface area contributed by atoms with Crippen molar-refractivity contribution in [3.05, 3.63) is 48.0 Å². The molecule has 0 radical (unpaired) electrons. The summed E-state index contributed by atoms with van der Waals surface area (Å²) in [4.78, 5) is 18.6. The first-order valence-electron chi connectivity index (χ1n) is 6.25. The number of anilines is 1. The van der Waals surface area contributed by atoms with E-state index in [-0.39, 0.29) is 0 Å². The minimum Gasteiger partial charge on any atom is -0.351 e. The van der Waals surface area contributed by atoms with Crippen LogP contribution in [-0.4, -0.2) is 16.0 Å². The number of aromatic nitrogens is 2. The number of hydrogen-bond acceptors (Lipinski definition) is 2. The van der Waals surface area contributed by atoms with E-state index in [1.807, 2.05) is 31.2 Å². The van der Waals surface area contributed by atoms with Gasteiger partial charge < -0.3 is 16.0 Å². The standard InChI is InChI=1S/C15H14N4O/c1-9-2-7-12-13(8-9)19-14(18-12)10-3-5-11(6-4-10)17-15(16)20/h2-8H,1H3,(H,18,19)(H3,16,17,20). The van der Waals surface area contributed by atoms with Crippen molar-refractivity contribution in [2.24, 2.45) is 5.73 Å². The molecule has 0 saturated heterocycles. The minimum absolute atomic E-state index is 0.572. The van der Waals surface area contributed by atoms with Crippen molar-refractivity contribution in [3.8, 4) is 11.4 Å². The smallest absolute Gasteiger partial charge is 0.316 e. The molecule has 0 aliphatic heterocycles. The molecule has 0 unspecified atom stereocenters. The van der Waals surface area contributed by atoms with Crippen LogP contribution in [0.3, 0.4) is 0 Å². The number of imidazole rings is 1. The second-order valence-corrected chi connectivity index (χ2v) is 4.67. The van der Waals surface area contributed by atoms with Crippen molar-refractivity contribution in [1.82, 2.24) is 9.97 Å². The monoisotopic (exact) mass is 266 g/mol. The highest BCUT2D eigenvalue weighted by Crippen LogP contribution is 2.22. The van der Waals surface area contributed by atoms with Gasteiger partial charge in [-0.2, -0.15) is 0 Å². The third-order valence-electron chi connectivity index (χ3n) is 3.06. The van der Waals surface area contributed by atoms with Gasteiger partial charge >= 0.3 is 6.03 Å². The molecule has 100 valence electrons. The predicted octanol–water partition coefficient (Wildman–Crippen LogP) is 3.03. The zero-order valence-corrected chi connectivity index (χ0v) is 11.0. The van der Waals surface area contributed by atoms with Crippen molar-refractivity contribution < 1.29 is 4.79 Å². The molecule has 0 saturated carbocycles. The number of aryl methyl sites for hydroxylation is 1. The summed E-state index contributed by atoms with van der Waals surface area (Å²) in [6, 6.07) is 12.9. The van der Waals surface area contributed by atoms with Gasteiger partial charge in [-0.1, -0.05) is 6.07 Å². The molecule has 0 fully saturated rings. The fraction of sp³-hybridized carbons (Fsp3) is 0.0667. The summed E-state index contributed by atoms with van der Waals surface area (Å²) in [6.45, 7) is 2.05. The van der Waals surface area contributed by atoms with E-state index in [0.717, 1.165) is 22.4 Å². The Hall–Kier alpha value is -2.82. The number of nitrogens with zero attached hydrogens (tertiary/aromatic N) is 1. The highest BCUT2D eigenvalue weighted by Gasteiger charge is 2.05. The summed E-state index contributed by atoms with van der Waals surface area (Å²) in [5, 5.41) is 2.53. The van der Waals surface area contributed by atoms with E-state index in [1.165, 1.54) is 5.56 Å². The van der Waals surface area contributed by atoms with E-state index >= 15 is 0 Å². The first-order chi connectivity index (χ1) is 9.61. The Morgan fingerprint density at radius 3 is 2.65 bits per heavy atom. The number of amides is 2. The normalized spacial score (nSPS) is 10.7. The van der Waals surface area contributed by atoms with Crippen LogP contribution in [0.2, 0.25) is 0 Å². The van der Waals surface area contributed by atoms with Crippen LogP contribution in [0.15, 0.2) is 42.5 Å². The molecular weight excluding hydrogens is 252 g/mol. The zero-order chi connectivity index (χ0) is 14.1. The Bertz CT molecular complexity index is 774. The molecule has 5 heteroatoms. The van der Waals surface area contributed by atoms with Gasteiger partial charge in [0.05, 0.1) is 11.0 Å². The number of aromatic amines is 1. The van der Waals surface area contributed by atoms with Gasteiger partial charge in [-0.3, -0.25) is 0 Å². The van der Waals surface area contributed by atoms with Gasteiger partial charge in [-0.25, -0.2) is 9.78 Å². The molecule has 0 spiro atoms. The van der Waals surface area contributed by atoms with Crippen LogP contribution in [0.25, 0.3) is 22.4 Å². The maximum absolute atomic E-state index is 10.8. The lowest BCUT2D eigenvalue weighted by Gasteiger charge is -2.02. The van der Waals surface area contributed by atoms with E-state index in [4.69, 9.17) is 5.73 Å². The van der Waals surface area contributed by atoms with Gasteiger partial charge in [0.25, 0.3) is 0 Å². The number of nitrogens with one attached hydrogen (secondary N) is 2. The number of carbonyl (C=O) groups excluding carboxylic acids is 1. The Morgan fingerprint density at radius 1 is 1.20 bits per heavy atom. The summed E-state index contributed by atoms with van der Waals surface area (Å²) in [5.74, 6) is 0.802. The summed E-state index contributed by atoms with van der Waals surface area (Å²) < 4.78 is 0. The van der Waals surface area contributed by atoms with Gasteiger partial charge in [0, 0.05) is 11.3 Å². The van der Waals surface area contributed by atoms with Crippen LogP contribution in [0.5, 0.6) is 0 Å². The fourth-order valence-electron chi connectivity index (χ4n) is 2.11. The summed E-state index contributed by atoms with van der Waals surface area (Å²) in [6.07, 6.45) is 0. The molecule has 2 aromatic carbocycles. The number of urea groups is 1. The maximum atomic E-state index is 10.8. The maximum Gasteiger partial charge on any atom is 0.316 e. The molecule has 0 aliphatic carbocycles. The summed E-state index contributed by atoms with van der Waals surface area (Å²) >= 11 is 0. The lowest BCUT2D eigenvalue weighted by Crippen LogP contribution is -2.19. The molecule has 0 aliphatic rings. The molecule has 2 amide bonds. The Morgan fingerprint density at radius 2 is 1.95 bits per heavy atom. The average molecular weight is 266 g/mol. The molecule has 1 aromatic heterocycles. The number of carbonyl (C=O) groups is 1. The molecular formula is C15H14N4O. The number of primary amides is 1. The first-order valence-corrected chi connectivity index (χ1v) is 6.25. The largest absolute Gasteiger partial charge is 0.351 e. The summed E-state index contributed by atoms with van der Waals surface area (Å²) in [5.41, 5.74) is 9.82. The number of fused-ring (bicyclic) bond motifs is 1. The first kappa shape index (κ1) is 12.2. The van der Waals surface area contributed by atoms with Crippen molar-refractivity contribution in [3.63, 3.8) is 0 Å². The van der Waals surface area contributed by atoms with Crippen molar-refractivity contribution in [2.45, 2.75) is 6.92 Å². The van der Waals surface area contributed by atoms with Gasteiger partial charge in [-0.05, 0) is 48.9 Å². The van der Waals surface area contributed by atoms with Crippen LogP contribution in [0.1, 0.15) is 5.56 Å². The molecule has 3 aromatic rings. The molecule has 3 rings (SSSR count). The summed E-state index contributed by atoms with van der Waals surface area (Å²) in [7, 11) is 0. The number of hydrogen-bond donors (Lipinski definition) is 3. The lowest BCUT2D eigenvalue weighted by atomic mass is 10.2. The van der Waals surface area contributed by atoms with Crippen molar-refractivity contribution >= 4 is 22.8 Å². The van der Waals surface area contributed by atoms with E-state index < -0.39 is 6.03 Å². The fourth-order valence-corrected chi connectivity index (χ4v) is 2.11. The highest BCUT2D eigenvalue weighted by molar-refractivity contribution is 5.88. The zero-order valence-electron chi connectivity index (χ0n) is 11.0. The molecule has 0 atom stereocenters. The van der Waals surface area contributed by atoms with Gasteiger partial charge in [-0.15, -0.1) is 0 Å². The number of rotatable bonds is 2. The molecule has 1 heterocycles. The van der Waals surface area contributed by atoms with Crippen LogP contribution in [0.4, 0.5) is 10.5 Å². The number of benzene rings is 2. The Kier molecular flexibility index (Phi) is 2.87. The third kappa shape index (κ3) is 2.33. The predicted molar refractivity (Wildman–Crippen MR) is 79.5 cm³/mol. The second kappa shape index (κ2) is 4.70. The quantitative estimate of drug-likeness (QED) is 0.666. The van der Waals surface area contributed by atoms with E-state index in [1.54, 1.807) is 12.1 Å². The SMILES string of the molecule is Cc1ccc2nc(-c3ccc(NC(N)=O)cc3)[nH]c2c1. The molecule has 0 bridgehead atoms. The lowest BCUT2D eigenvalue weighted by molar-refractivity contribution is 0.259. The second-order valence-electron chi connectivity index (χ2n) is 4.67. The molecule has 5 nitrogen and oxygen atoms in total. The molecule has 4 N–H and O–H groups in total. The Labute approximate surface area is 115 Å². The van der Waals surface area contributed by atoms with Gasteiger partial charge in [0.15, 0.2) is 0 Å². The van der Waals surface area contributed by atoms with E-state index in [2.05, 4.69) is 21.4 Å². The van der Waals surface area contributed by atoms with Crippen LogP contribution >= 0.6 is 0 Å². The topological polar surface area (TPSA) is 83.8 Å². The third-order valence-corrected chi connectivity index (χ3v) is 3.06. The van der Waals surface area contributed by atoms with Gasteiger partial charge in [0.1, 0.15) is 5.82 Å². The van der Waals surface area contributed by atoms with Crippen LogP contribution in [-0.2, 0) is 0 Å². The van der Waals surface area contributed by atoms with Crippen LogP contribution < -0.4 is 11.1 Å². The number of H-pyrrole nitrogens is 1. The van der Waals surface area contributed by atoms with E-state index in [9.17, 15) is 4.79 Å². The number of nitrogens with two attached hydrogens (primary N) is 1. The van der Waals surface area contributed by atoms with Crippen molar-refractivity contribution in [2.75, 3.05) is 5.32 Å². The molecule has 20 heavy (non-hydrogen) atoms. The highest BCUT2D eigenvalue weighted by atomic mass is 16.2. The van der Waals surface area contributed by atoms with Crippen molar-refractivity contribution in [1.29, 1.82) is 0 Å². The Balaban J connectivity index is 1.96. The minimum atomic E-state index is -0.572. The van der Waals surface area contributed by atoms with Gasteiger partial charge in [0.2, 0.25) is 0 Å². The van der Waals surface area contributed by atoms with E-state index in [0.29, 0.717) is 5.69 Å².